The quantitative estimate of drug-likeness (QED) is 0.761. The van der Waals surface area contributed by atoms with Crippen molar-refractivity contribution < 1.29 is 9.90 Å². The topological polar surface area (TPSA) is 49.3 Å². The van der Waals surface area contributed by atoms with Crippen LogP contribution in [0.2, 0.25) is 0 Å². The maximum Gasteiger partial charge on any atom is 0.220 e. The lowest BCUT2D eigenvalue weighted by Gasteiger charge is -2.22. The largest absolute Gasteiger partial charge is 0.393 e. The molecule has 2 N–H and O–H groups in total. The van der Waals surface area contributed by atoms with Crippen molar-refractivity contribution in [2.75, 3.05) is 6.54 Å². The molecule has 0 heterocycles. The number of benzene rings is 1. The lowest BCUT2D eigenvalue weighted by Crippen LogP contribution is -2.30. The first kappa shape index (κ1) is 18.0. The first-order valence-electron chi connectivity index (χ1n) is 9.15. The van der Waals surface area contributed by atoms with Gasteiger partial charge in [0.15, 0.2) is 0 Å². The summed E-state index contributed by atoms with van der Waals surface area (Å²) in [4.78, 5) is 12.1. The van der Waals surface area contributed by atoms with Gasteiger partial charge in [0.25, 0.3) is 0 Å². The molecule has 1 aromatic carbocycles. The molecule has 0 aliphatic heterocycles. The Morgan fingerprint density at radius 1 is 1.22 bits per heavy atom. The van der Waals surface area contributed by atoms with Crippen molar-refractivity contribution in [3.8, 4) is 0 Å². The van der Waals surface area contributed by atoms with Crippen LogP contribution < -0.4 is 5.32 Å². The molecule has 128 valence electrons. The fourth-order valence-corrected chi connectivity index (χ4v) is 3.61. The van der Waals surface area contributed by atoms with Gasteiger partial charge < -0.3 is 10.4 Å². The number of rotatable bonds is 8. The maximum atomic E-state index is 12.1. The van der Waals surface area contributed by atoms with Gasteiger partial charge in [0.1, 0.15) is 0 Å². The van der Waals surface area contributed by atoms with Gasteiger partial charge in [0.05, 0.1) is 6.10 Å². The van der Waals surface area contributed by atoms with Gasteiger partial charge in [-0.2, -0.15) is 0 Å². The molecular formula is C20H31NO2. The molecule has 2 rings (SSSR count). The number of aliphatic hydroxyl groups excluding tert-OH is 1. The summed E-state index contributed by atoms with van der Waals surface area (Å²) in [5.74, 6) is 1.08. The molecule has 23 heavy (non-hydrogen) atoms. The molecule has 0 spiro atoms. The minimum atomic E-state index is -0.362. The van der Waals surface area contributed by atoms with Crippen molar-refractivity contribution in [3.63, 3.8) is 0 Å². The van der Waals surface area contributed by atoms with E-state index >= 15 is 0 Å². The summed E-state index contributed by atoms with van der Waals surface area (Å²) >= 11 is 0. The predicted octanol–water partition coefficient (Wildman–Crippen LogP) is 4.02. The van der Waals surface area contributed by atoms with Crippen LogP contribution in [0, 0.1) is 5.92 Å². The highest BCUT2D eigenvalue weighted by molar-refractivity contribution is 5.75. The number of amides is 1. The normalized spacial score (nSPS) is 18.3. The predicted molar refractivity (Wildman–Crippen MR) is 94.3 cm³/mol. The van der Waals surface area contributed by atoms with Gasteiger partial charge in [0.2, 0.25) is 5.91 Å². The van der Waals surface area contributed by atoms with Crippen molar-refractivity contribution in [2.24, 2.45) is 5.92 Å². The van der Waals surface area contributed by atoms with Gasteiger partial charge in [0, 0.05) is 18.9 Å². The van der Waals surface area contributed by atoms with E-state index in [1.165, 1.54) is 37.7 Å². The molecule has 2 unspecified atom stereocenters. The Balaban J connectivity index is 1.77. The molecule has 1 aliphatic carbocycles. The Kier molecular flexibility index (Phi) is 7.60. The number of aliphatic hydroxyl groups is 1. The summed E-state index contributed by atoms with van der Waals surface area (Å²) in [6.07, 6.45) is 8.59. The van der Waals surface area contributed by atoms with Gasteiger partial charge in [-0.3, -0.25) is 4.79 Å². The molecule has 0 saturated heterocycles. The van der Waals surface area contributed by atoms with Crippen molar-refractivity contribution in [2.45, 2.75) is 70.3 Å². The Hall–Kier alpha value is -1.35. The van der Waals surface area contributed by atoms with Gasteiger partial charge in [-0.05, 0) is 31.2 Å². The van der Waals surface area contributed by atoms with Crippen LogP contribution in [0.5, 0.6) is 0 Å². The summed E-state index contributed by atoms with van der Waals surface area (Å²) < 4.78 is 0. The third-order valence-electron chi connectivity index (χ3n) is 4.95. The van der Waals surface area contributed by atoms with E-state index in [0.717, 1.165) is 12.3 Å². The van der Waals surface area contributed by atoms with E-state index in [0.29, 0.717) is 19.4 Å². The van der Waals surface area contributed by atoms with Crippen LogP contribution in [-0.2, 0) is 4.79 Å². The van der Waals surface area contributed by atoms with E-state index in [2.05, 4.69) is 17.4 Å². The first-order chi connectivity index (χ1) is 11.1. The SMILES string of the molecule is CC(O)CC(CNC(=O)CCC1CCCCC1)c1ccccc1. The standard InChI is InChI=1S/C20H31NO2/c1-16(22)14-19(18-10-6-3-7-11-18)15-21-20(23)13-12-17-8-4-2-5-9-17/h3,6-7,10-11,16-17,19,22H,2,4-5,8-9,12-15H2,1H3,(H,21,23). The highest BCUT2D eigenvalue weighted by Crippen LogP contribution is 2.27. The molecular weight excluding hydrogens is 286 g/mol. The Morgan fingerprint density at radius 3 is 2.57 bits per heavy atom. The molecule has 1 aromatic rings. The summed E-state index contributed by atoms with van der Waals surface area (Å²) in [7, 11) is 0. The summed E-state index contributed by atoms with van der Waals surface area (Å²) in [6.45, 7) is 2.42. The fourth-order valence-electron chi connectivity index (χ4n) is 3.61. The second-order valence-electron chi connectivity index (χ2n) is 7.04. The first-order valence-corrected chi connectivity index (χ1v) is 9.15. The minimum Gasteiger partial charge on any atom is -0.393 e. The molecule has 0 aromatic heterocycles. The average Bonchev–Trinajstić information content (AvgIpc) is 2.58. The van der Waals surface area contributed by atoms with Crippen LogP contribution in [0.3, 0.4) is 0 Å². The number of carbonyl (C=O) groups is 1. The van der Waals surface area contributed by atoms with Crippen molar-refractivity contribution in [1.29, 1.82) is 0 Å². The summed E-state index contributed by atoms with van der Waals surface area (Å²) in [6, 6.07) is 10.2. The molecule has 0 radical (unpaired) electrons. The zero-order valence-electron chi connectivity index (χ0n) is 14.3. The smallest absolute Gasteiger partial charge is 0.220 e. The lowest BCUT2D eigenvalue weighted by molar-refractivity contribution is -0.121. The van der Waals surface area contributed by atoms with Crippen LogP contribution in [0.15, 0.2) is 30.3 Å². The highest BCUT2D eigenvalue weighted by Gasteiger charge is 2.17. The number of nitrogens with one attached hydrogen (secondary N) is 1. The number of carbonyl (C=O) groups excluding carboxylic acids is 1. The molecule has 1 amide bonds. The Labute approximate surface area is 140 Å². The average molecular weight is 317 g/mol. The van der Waals surface area contributed by atoms with E-state index < -0.39 is 0 Å². The Bertz CT molecular complexity index is 452. The molecule has 1 aliphatic rings. The van der Waals surface area contributed by atoms with E-state index in [4.69, 9.17) is 0 Å². The third-order valence-corrected chi connectivity index (χ3v) is 4.95. The van der Waals surface area contributed by atoms with Crippen LogP contribution >= 0.6 is 0 Å². The molecule has 1 saturated carbocycles. The van der Waals surface area contributed by atoms with E-state index in [1.54, 1.807) is 6.92 Å². The molecule has 0 bridgehead atoms. The number of hydrogen-bond donors (Lipinski definition) is 2. The fraction of sp³-hybridized carbons (Fsp3) is 0.650. The third kappa shape index (κ3) is 6.74. The van der Waals surface area contributed by atoms with E-state index in [1.807, 2.05) is 18.2 Å². The van der Waals surface area contributed by atoms with Gasteiger partial charge in [-0.15, -0.1) is 0 Å². The second-order valence-corrected chi connectivity index (χ2v) is 7.04. The van der Waals surface area contributed by atoms with Crippen molar-refractivity contribution >= 4 is 5.91 Å². The molecule has 3 nitrogen and oxygen atoms in total. The van der Waals surface area contributed by atoms with Crippen molar-refractivity contribution in [1.82, 2.24) is 5.32 Å². The maximum absolute atomic E-state index is 12.1. The van der Waals surface area contributed by atoms with Crippen LogP contribution in [0.1, 0.15) is 69.8 Å². The molecule has 3 heteroatoms. The minimum absolute atomic E-state index is 0.155. The van der Waals surface area contributed by atoms with E-state index in [-0.39, 0.29) is 17.9 Å². The van der Waals surface area contributed by atoms with Crippen molar-refractivity contribution in [3.05, 3.63) is 35.9 Å². The van der Waals surface area contributed by atoms with Crippen LogP contribution in [0.4, 0.5) is 0 Å². The molecule has 1 fully saturated rings. The number of hydrogen-bond acceptors (Lipinski definition) is 2. The van der Waals surface area contributed by atoms with Gasteiger partial charge >= 0.3 is 0 Å². The second kappa shape index (κ2) is 9.71. The van der Waals surface area contributed by atoms with Crippen LogP contribution in [0.25, 0.3) is 0 Å². The molecule has 2 atom stereocenters. The monoisotopic (exact) mass is 317 g/mol. The lowest BCUT2D eigenvalue weighted by atomic mass is 9.86. The Morgan fingerprint density at radius 2 is 1.91 bits per heavy atom. The zero-order valence-corrected chi connectivity index (χ0v) is 14.3. The van der Waals surface area contributed by atoms with Crippen LogP contribution in [-0.4, -0.2) is 23.7 Å². The highest BCUT2D eigenvalue weighted by atomic mass is 16.3. The summed E-state index contributed by atoms with van der Waals surface area (Å²) in [5.41, 5.74) is 1.18. The van der Waals surface area contributed by atoms with Gasteiger partial charge in [-0.1, -0.05) is 62.4 Å². The summed E-state index contributed by atoms with van der Waals surface area (Å²) in [5, 5.41) is 12.8. The van der Waals surface area contributed by atoms with Gasteiger partial charge in [-0.25, -0.2) is 0 Å². The zero-order chi connectivity index (χ0) is 16.5. The van der Waals surface area contributed by atoms with E-state index in [9.17, 15) is 9.90 Å².